The Morgan fingerprint density at radius 2 is 2.24 bits per heavy atom. The minimum absolute atomic E-state index is 0.103. The molecule has 0 spiro atoms. The van der Waals surface area contributed by atoms with Crippen LogP contribution in [-0.4, -0.2) is 32.7 Å². The molecule has 0 aromatic carbocycles. The summed E-state index contributed by atoms with van der Waals surface area (Å²) in [6, 6.07) is 3.95. The number of aromatic nitrogens is 3. The van der Waals surface area contributed by atoms with Crippen molar-refractivity contribution in [3.05, 3.63) is 29.7 Å². The number of hydrogen-bond donors (Lipinski definition) is 3. The van der Waals surface area contributed by atoms with Crippen LogP contribution < -0.4 is 11.1 Å². The molecular formula is C17H18ClN5O2. The van der Waals surface area contributed by atoms with Gasteiger partial charge in [-0.2, -0.15) is 4.98 Å². The van der Waals surface area contributed by atoms with Gasteiger partial charge in [0.05, 0.1) is 11.8 Å². The van der Waals surface area contributed by atoms with Gasteiger partial charge in [-0.3, -0.25) is 4.98 Å². The third-order valence-electron chi connectivity index (χ3n) is 4.59. The molecule has 0 bridgehead atoms. The van der Waals surface area contributed by atoms with Crippen molar-refractivity contribution >= 4 is 34.3 Å². The normalized spacial score (nSPS) is 20.2. The monoisotopic (exact) mass is 359 g/mol. The summed E-state index contributed by atoms with van der Waals surface area (Å²) in [5.41, 5.74) is 7.03. The topological polar surface area (TPSA) is 110 Å². The van der Waals surface area contributed by atoms with E-state index in [-0.39, 0.29) is 23.8 Å². The number of furan rings is 1. The number of halogens is 1. The molecule has 2 atom stereocenters. The first kappa shape index (κ1) is 16.1. The molecule has 1 fully saturated rings. The number of nitrogen functional groups attached to an aromatic ring is 1. The molecule has 4 rings (SSSR count). The van der Waals surface area contributed by atoms with Crippen LogP contribution in [0.3, 0.4) is 0 Å². The van der Waals surface area contributed by atoms with Crippen LogP contribution >= 0.6 is 11.6 Å². The predicted octanol–water partition coefficient (Wildman–Crippen LogP) is 3.09. The number of fused-ring (bicyclic) bond motifs is 1. The van der Waals surface area contributed by atoms with Crippen molar-refractivity contribution in [3.8, 4) is 11.3 Å². The van der Waals surface area contributed by atoms with Crippen molar-refractivity contribution in [1.82, 2.24) is 15.0 Å². The van der Waals surface area contributed by atoms with E-state index in [4.69, 9.17) is 21.8 Å². The van der Waals surface area contributed by atoms with E-state index in [1.165, 1.54) is 0 Å². The number of aliphatic hydroxyl groups is 1. The molecule has 0 saturated heterocycles. The molecule has 3 aromatic rings. The van der Waals surface area contributed by atoms with E-state index in [9.17, 15) is 5.11 Å². The maximum atomic E-state index is 9.34. The fourth-order valence-electron chi connectivity index (χ4n) is 3.35. The summed E-state index contributed by atoms with van der Waals surface area (Å²) >= 11 is 6.35. The Morgan fingerprint density at radius 3 is 3.00 bits per heavy atom. The van der Waals surface area contributed by atoms with Gasteiger partial charge in [-0.1, -0.05) is 11.6 Å². The summed E-state index contributed by atoms with van der Waals surface area (Å²) in [5, 5.41) is 13.9. The van der Waals surface area contributed by atoms with Crippen LogP contribution in [0, 0.1) is 5.92 Å². The molecule has 3 heterocycles. The summed E-state index contributed by atoms with van der Waals surface area (Å²) in [7, 11) is 0. The molecule has 1 aliphatic carbocycles. The quantitative estimate of drug-likeness (QED) is 0.614. The van der Waals surface area contributed by atoms with Crippen LogP contribution in [0.2, 0.25) is 5.15 Å². The van der Waals surface area contributed by atoms with Crippen LogP contribution in [0.25, 0.3) is 22.3 Å². The zero-order chi connectivity index (χ0) is 17.4. The first-order valence-electron chi connectivity index (χ1n) is 8.18. The minimum Gasteiger partial charge on any atom is -0.454 e. The average Bonchev–Trinajstić information content (AvgIpc) is 3.20. The molecule has 0 unspecified atom stereocenters. The first-order valence-corrected chi connectivity index (χ1v) is 8.56. The second-order valence-corrected chi connectivity index (χ2v) is 6.68. The molecule has 3 aromatic heterocycles. The van der Waals surface area contributed by atoms with E-state index in [0.29, 0.717) is 28.6 Å². The number of pyridine rings is 1. The van der Waals surface area contributed by atoms with E-state index in [1.807, 2.05) is 12.1 Å². The van der Waals surface area contributed by atoms with Gasteiger partial charge in [-0.25, -0.2) is 4.98 Å². The van der Waals surface area contributed by atoms with Gasteiger partial charge < -0.3 is 20.6 Å². The molecule has 0 amide bonds. The molecule has 0 radical (unpaired) electrons. The highest BCUT2D eigenvalue weighted by molar-refractivity contribution is 6.32. The molecule has 1 aliphatic rings. The van der Waals surface area contributed by atoms with Gasteiger partial charge in [0, 0.05) is 24.2 Å². The van der Waals surface area contributed by atoms with E-state index in [1.54, 1.807) is 12.4 Å². The van der Waals surface area contributed by atoms with E-state index >= 15 is 0 Å². The predicted molar refractivity (Wildman–Crippen MR) is 96.3 cm³/mol. The Bertz CT molecular complexity index is 880. The highest BCUT2D eigenvalue weighted by Gasteiger charge is 2.26. The van der Waals surface area contributed by atoms with Crippen molar-refractivity contribution in [2.45, 2.75) is 25.3 Å². The number of aliphatic hydroxyl groups excluding tert-OH is 1. The fraction of sp³-hybridized carbons (Fsp3) is 0.353. The van der Waals surface area contributed by atoms with Gasteiger partial charge in [-0.05, 0) is 37.3 Å². The Kier molecular flexibility index (Phi) is 4.19. The zero-order valence-corrected chi connectivity index (χ0v) is 14.2. The largest absolute Gasteiger partial charge is 0.454 e. The first-order chi connectivity index (χ1) is 12.1. The maximum Gasteiger partial charge on any atom is 0.223 e. The lowest BCUT2D eigenvalue weighted by Crippen LogP contribution is -2.18. The van der Waals surface area contributed by atoms with Crippen LogP contribution in [-0.2, 0) is 0 Å². The maximum absolute atomic E-state index is 9.34. The van der Waals surface area contributed by atoms with Crippen molar-refractivity contribution in [2.24, 2.45) is 5.92 Å². The molecule has 7 nitrogen and oxygen atoms in total. The Balaban J connectivity index is 1.73. The zero-order valence-electron chi connectivity index (χ0n) is 13.4. The molecule has 1 saturated carbocycles. The molecule has 8 heteroatoms. The van der Waals surface area contributed by atoms with Crippen LogP contribution in [0.5, 0.6) is 0 Å². The average molecular weight is 360 g/mol. The van der Waals surface area contributed by atoms with E-state index < -0.39 is 0 Å². The lowest BCUT2D eigenvalue weighted by Gasteiger charge is -2.16. The van der Waals surface area contributed by atoms with Gasteiger partial charge in [0.1, 0.15) is 16.7 Å². The number of rotatable bonds is 4. The highest BCUT2D eigenvalue weighted by atomic mass is 35.5. The SMILES string of the molecule is Nc1nc(Cl)c(-c2cc3ccncc3o2)c(N[C@H]2CC[C@@H](CO)C2)n1. The Hall–Kier alpha value is -2.38. The molecular weight excluding hydrogens is 342 g/mol. The van der Waals surface area contributed by atoms with Crippen molar-refractivity contribution in [2.75, 3.05) is 17.7 Å². The summed E-state index contributed by atoms with van der Waals surface area (Å²) in [6.45, 7) is 0.203. The second kappa shape index (κ2) is 6.50. The lowest BCUT2D eigenvalue weighted by atomic mass is 10.1. The van der Waals surface area contributed by atoms with Crippen molar-refractivity contribution < 1.29 is 9.52 Å². The molecule has 25 heavy (non-hydrogen) atoms. The molecule has 130 valence electrons. The lowest BCUT2D eigenvalue weighted by molar-refractivity contribution is 0.229. The third-order valence-corrected chi connectivity index (χ3v) is 4.87. The standard InChI is InChI=1S/C17H18ClN5O2/c18-15-14(12-6-10-3-4-20-7-13(10)25-12)16(23-17(19)22-15)21-11-2-1-9(5-11)8-24/h3-4,6-7,9,11,24H,1-2,5,8H2,(H3,19,21,22,23)/t9-,11+/m1/s1. The van der Waals surface area contributed by atoms with Gasteiger partial charge in [0.2, 0.25) is 5.95 Å². The van der Waals surface area contributed by atoms with Gasteiger partial charge in [-0.15, -0.1) is 0 Å². The van der Waals surface area contributed by atoms with Crippen LogP contribution in [0.15, 0.2) is 28.9 Å². The van der Waals surface area contributed by atoms with Gasteiger partial charge in [0.15, 0.2) is 5.58 Å². The van der Waals surface area contributed by atoms with Crippen molar-refractivity contribution in [1.29, 1.82) is 0 Å². The van der Waals surface area contributed by atoms with E-state index in [2.05, 4.69) is 20.3 Å². The smallest absolute Gasteiger partial charge is 0.223 e. The number of nitrogens with one attached hydrogen (secondary N) is 1. The van der Waals surface area contributed by atoms with Gasteiger partial charge >= 0.3 is 0 Å². The second-order valence-electron chi connectivity index (χ2n) is 6.32. The van der Waals surface area contributed by atoms with E-state index in [0.717, 1.165) is 24.6 Å². The van der Waals surface area contributed by atoms with Crippen LogP contribution in [0.1, 0.15) is 19.3 Å². The summed E-state index contributed by atoms with van der Waals surface area (Å²) in [4.78, 5) is 12.5. The third kappa shape index (κ3) is 3.12. The Morgan fingerprint density at radius 1 is 1.36 bits per heavy atom. The number of nitrogens with zero attached hydrogens (tertiary/aromatic N) is 3. The van der Waals surface area contributed by atoms with Crippen LogP contribution in [0.4, 0.5) is 11.8 Å². The minimum atomic E-state index is 0.103. The van der Waals surface area contributed by atoms with Crippen molar-refractivity contribution in [3.63, 3.8) is 0 Å². The highest BCUT2D eigenvalue weighted by Crippen LogP contribution is 2.38. The number of anilines is 2. The summed E-state index contributed by atoms with van der Waals surface area (Å²) in [5.74, 6) is 1.53. The molecule has 4 N–H and O–H groups in total. The summed E-state index contributed by atoms with van der Waals surface area (Å²) < 4.78 is 5.87. The number of hydrogen-bond acceptors (Lipinski definition) is 7. The number of nitrogens with two attached hydrogens (primary N) is 1. The van der Waals surface area contributed by atoms with Gasteiger partial charge in [0.25, 0.3) is 0 Å². The molecule has 0 aliphatic heterocycles. The Labute approximate surface area is 149 Å². The summed E-state index contributed by atoms with van der Waals surface area (Å²) in [6.07, 6.45) is 6.17. The fourth-order valence-corrected chi connectivity index (χ4v) is 3.61.